The molecular formula is C20H40O4Si. The number of carbonyl (C=O) groups is 1. The summed E-state index contributed by atoms with van der Waals surface area (Å²) in [6.07, 6.45) is 5.17. The Bertz CT molecular complexity index is 387. The van der Waals surface area contributed by atoms with Crippen LogP contribution in [0.3, 0.4) is 0 Å². The summed E-state index contributed by atoms with van der Waals surface area (Å²) in [5.41, 5.74) is 1.51. The molecule has 0 aliphatic carbocycles. The predicted molar refractivity (Wildman–Crippen MR) is 105 cm³/mol. The van der Waals surface area contributed by atoms with Gasteiger partial charge in [0, 0.05) is 6.42 Å². The average molecular weight is 373 g/mol. The molecule has 1 heterocycles. The van der Waals surface area contributed by atoms with Crippen LogP contribution in [0.5, 0.6) is 0 Å². The summed E-state index contributed by atoms with van der Waals surface area (Å²) in [7, 11) is -0.567. The van der Waals surface area contributed by atoms with Gasteiger partial charge in [-0.1, -0.05) is 61.3 Å². The highest BCUT2D eigenvalue weighted by Crippen LogP contribution is 2.44. The van der Waals surface area contributed by atoms with Gasteiger partial charge < -0.3 is 13.9 Å². The normalized spacial score (nSPS) is 21.9. The summed E-state index contributed by atoms with van der Waals surface area (Å²) >= 11 is 0. The highest BCUT2D eigenvalue weighted by atomic mass is 28.4. The molecule has 1 fully saturated rings. The topological polar surface area (TPSA) is 48.1 Å². The molecule has 0 unspecified atom stereocenters. The number of hydrogen-bond donors (Lipinski definition) is 0. The second-order valence-corrected chi connectivity index (χ2v) is 13.8. The van der Waals surface area contributed by atoms with Crippen LogP contribution >= 0.6 is 0 Å². The maximum atomic E-state index is 11.9. The summed E-state index contributed by atoms with van der Waals surface area (Å²) < 4.78 is 17.6. The Balaban J connectivity index is 2.85. The SMILES string of the molecule is CCCC[C@H]1O[C@@H]1C[C@H](CC(=O)OC)O[Si](C(C)C)(C(C)C)C(C)C. The molecule has 0 N–H and O–H groups in total. The maximum Gasteiger partial charge on any atom is 0.308 e. The average Bonchev–Trinajstić information content (AvgIpc) is 3.26. The molecule has 0 aromatic heterocycles. The molecule has 1 saturated heterocycles. The summed E-state index contributed by atoms with van der Waals surface area (Å²) in [5.74, 6) is -0.185. The van der Waals surface area contributed by atoms with Gasteiger partial charge in [0.25, 0.3) is 0 Å². The molecular weight excluding hydrogens is 332 g/mol. The molecule has 0 amide bonds. The van der Waals surface area contributed by atoms with Crippen LogP contribution in [0.1, 0.15) is 80.6 Å². The molecule has 1 rings (SSSR count). The fraction of sp³-hybridized carbons (Fsp3) is 0.950. The first kappa shape index (κ1) is 22.6. The molecule has 1 aliphatic rings. The van der Waals surface area contributed by atoms with Crippen molar-refractivity contribution in [3.63, 3.8) is 0 Å². The van der Waals surface area contributed by atoms with E-state index in [0.29, 0.717) is 29.1 Å². The van der Waals surface area contributed by atoms with E-state index in [0.717, 1.165) is 12.8 Å². The van der Waals surface area contributed by atoms with Crippen LogP contribution in [-0.4, -0.2) is 39.7 Å². The molecule has 0 bridgehead atoms. The van der Waals surface area contributed by atoms with Gasteiger partial charge in [-0.15, -0.1) is 0 Å². The highest BCUT2D eigenvalue weighted by Gasteiger charge is 2.48. The largest absolute Gasteiger partial charge is 0.469 e. The first-order valence-corrected chi connectivity index (χ1v) is 12.2. The molecule has 0 spiro atoms. The number of epoxide rings is 1. The van der Waals surface area contributed by atoms with E-state index in [1.54, 1.807) is 0 Å². The van der Waals surface area contributed by atoms with Crippen LogP contribution in [-0.2, 0) is 18.7 Å². The minimum Gasteiger partial charge on any atom is -0.469 e. The van der Waals surface area contributed by atoms with Gasteiger partial charge in [0.05, 0.1) is 31.8 Å². The van der Waals surface area contributed by atoms with Gasteiger partial charge in [-0.3, -0.25) is 4.79 Å². The lowest BCUT2D eigenvalue weighted by Gasteiger charge is -2.44. The second kappa shape index (κ2) is 10.1. The van der Waals surface area contributed by atoms with Gasteiger partial charge in [-0.25, -0.2) is 0 Å². The number of carbonyl (C=O) groups excluding carboxylic acids is 1. The number of rotatable bonds is 12. The van der Waals surface area contributed by atoms with Crippen molar-refractivity contribution < 1.29 is 18.7 Å². The van der Waals surface area contributed by atoms with E-state index < -0.39 is 8.32 Å². The monoisotopic (exact) mass is 372 g/mol. The zero-order chi connectivity index (χ0) is 19.2. The zero-order valence-electron chi connectivity index (χ0n) is 17.6. The van der Waals surface area contributed by atoms with Crippen molar-refractivity contribution in [2.75, 3.05) is 7.11 Å². The summed E-state index contributed by atoms with van der Waals surface area (Å²) in [4.78, 5) is 11.9. The number of unbranched alkanes of at least 4 members (excludes halogenated alkanes) is 1. The Morgan fingerprint density at radius 2 is 1.60 bits per heavy atom. The predicted octanol–water partition coefficient (Wildman–Crippen LogP) is 5.46. The molecule has 0 aromatic rings. The van der Waals surface area contributed by atoms with E-state index in [-0.39, 0.29) is 18.2 Å². The molecule has 25 heavy (non-hydrogen) atoms. The van der Waals surface area contributed by atoms with E-state index in [9.17, 15) is 4.79 Å². The second-order valence-electron chi connectivity index (χ2n) is 8.43. The summed E-state index contributed by atoms with van der Waals surface area (Å²) in [6, 6.07) is 0. The zero-order valence-corrected chi connectivity index (χ0v) is 18.6. The van der Waals surface area contributed by atoms with E-state index in [4.69, 9.17) is 13.9 Å². The minimum atomic E-state index is -2.02. The van der Waals surface area contributed by atoms with Gasteiger partial charge in [-0.05, 0) is 23.0 Å². The van der Waals surface area contributed by atoms with E-state index in [2.05, 4.69) is 48.5 Å². The first-order valence-electron chi connectivity index (χ1n) is 10.1. The van der Waals surface area contributed by atoms with Crippen LogP contribution in [0.15, 0.2) is 0 Å². The van der Waals surface area contributed by atoms with Crippen molar-refractivity contribution in [2.45, 2.75) is 116 Å². The van der Waals surface area contributed by atoms with Gasteiger partial charge in [0.2, 0.25) is 8.32 Å². The third kappa shape index (κ3) is 6.07. The molecule has 0 aromatic carbocycles. The number of esters is 1. The lowest BCUT2D eigenvalue weighted by atomic mass is 10.1. The smallest absolute Gasteiger partial charge is 0.308 e. The Morgan fingerprint density at radius 1 is 1.04 bits per heavy atom. The van der Waals surface area contributed by atoms with E-state index >= 15 is 0 Å². The van der Waals surface area contributed by atoms with Crippen LogP contribution in [0.25, 0.3) is 0 Å². The molecule has 3 atom stereocenters. The van der Waals surface area contributed by atoms with Crippen molar-refractivity contribution in [1.82, 2.24) is 0 Å². The van der Waals surface area contributed by atoms with Crippen LogP contribution in [0, 0.1) is 0 Å². The standard InChI is InChI=1S/C20H40O4Si/c1-9-10-11-18-19(23-18)12-17(13-20(21)22-8)24-25(14(2)3,15(4)5)16(6)7/h14-19H,9-13H2,1-8H3/t17-,18-,19-/m1/s1. The third-order valence-electron chi connectivity index (χ3n) is 5.72. The Kier molecular flexibility index (Phi) is 9.13. The quantitative estimate of drug-likeness (QED) is 0.259. The van der Waals surface area contributed by atoms with Crippen LogP contribution in [0.4, 0.5) is 0 Å². The van der Waals surface area contributed by atoms with Gasteiger partial charge >= 0.3 is 5.97 Å². The minimum absolute atomic E-state index is 0.0945. The fourth-order valence-electron chi connectivity index (χ4n) is 4.44. The Hall–Kier alpha value is -0.393. The first-order chi connectivity index (χ1) is 11.7. The van der Waals surface area contributed by atoms with E-state index in [1.165, 1.54) is 20.0 Å². The van der Waals surface area contributed by atoms with Gasteiger partial charge in [0.15, 0.2) is 0 Å². The Labute approximate surface area is 156 Å². The molecule has 0 radical (unpaired) electrons. The van der Waals surface area contributed by atoms with Crippen molar-refractivity contribution in [3.8, 4) is 0 Å². The van der Waals surface area contributed by atoms with Crippen LogP contribution in [0.2, 0.25) is 16.6 Å². The molecule has 4 nitrogen and oxygen atoms in total. The molecule has 0 saturated carbocycles. The molecule has 5 heteroatoms. The summed E-state index contributed by atoms with van der Waals surface area (Å²) in [5, 5.41) is 0. The molecule has 1 aliphatic heterocycles. The van der Waals surface area contributed by atoms with Crippen molar-refractivity contribution in [3.05, 3.63) is 0 Å². The maximum absolute atomic E-state index is 11.9. The lowest BCUT2D eigenvalue weighted by molar-refractivity contribution is -0.142. The number of methoxy groups -OCH3 is 1. The van der Waals surface area contributed by atoms with Gasteiger partial charge in [-0.2, -0.15) is 0 Å². The number of ether oxygens (including phenoxy) is 2. The fourth-order valence-corrected chi connectivity index (χ4v) is 10.0. The van der Waals surface area contributed by atoms with Crippen molar-refractivity contribution in [2.24, 2.45) is 0 Å². The Morgan fingerprint density at radius 3 is 2.04 bits per heavy atom. The lowest BCUT2D eigenvalue weighted by Crippen LogP contribution is -2.50. The van der Waals surface area contributed by atoms with Gasteiger partial charge in [0.1, 0.15) is 0 Å². The van der Waals surface area contributed by atoms with Crippen molar-refractivity contribution in [1.29, 1.82) is 0 Å². The molecule has 148 valence electrons. The summed E-state index contributed by atoms with van der Waals surface area (Å²) in [6.45, 7) is 15.9. The highest BCUT2D eigenvalue weighted by molar-refractivity contribution is 6.77. The van der Waals surface area contributed by atoms with Crippen LogP contribution < -0.4 is 0 Å². The van der Waals surface area contributed by atoms with Crippen molar-refractivity contribution >= 4 is 14.3 Å². The third-order valence-corrected chi connectivity index (χ3v) is 11.9. The van der Waals surface area contributed by atoms with E-state index in [1.807, 2.05) is 0 Å². The number of hydrogen-bond acceptors (Lipinski definition) is 4.